The summed E-state index contributed by atoms with van der Waals surface area (Å²) in [7, 11) is 3.21. The van der Waals surface area contributed by atoms with E-state index < -0.39 is 5.91 Å². The van der Waals surface area contributed by atoms with Gasteiger partial charge in [0.25, 0.3) is 5.91 Å². The number of fused-ring (bicyclic) bond motifs is 1. The van der Waals surface area contributed by atoms with Gasteiger partial charge in [-0.2, -0.15) is 0 Å². The van der Waals surface area contributed by atoms with Gasteiger partial charge in [0.2, 0.25) is 5.91 Å². The van der Waals surface area contributed by atoms with Crippen LogP contribution in [0.2, 0.25) is 0 Å². The molecular formula is C22H21N3O4S. The van der Waals surface area contributed by atoms with Crippen LogP contribution >= 0.6 is 11.3 Å². The van der Waals surface area contributed by atoms with Crippen molar-refractivity contribution in [2.75, 3.05) is 20.8 Å². The number of hydrogen-bond acceptors (Lipinski definition) is 6. The number of rotatable bonds is 5. The molecule has 3 heterocycles. The first-order valence-corrected chi connectivity index (χ1v) is 10.3. The van der Waals surface area contributed by atoms with E-state index in [-0.39, 0.29) is 23.2 Å². The maximum absolute atomic E-state index is 13.4. The van der Waals surface area contributed by atoms with Gasteiger partial charge in [0.15, 0.2) is 11.5 Å². The molecule has 0 unspecified atom stereocenters. The first-order valence-electron chi connectivity index (χ1n) is 9.38. The molecule has 0 bridgehead atoms. The van der Waals surface area contributed by atoms with E-state index in [0.29, 0.717) is 24.5 Å². The molecule has 0 spiro atoms. The van der Waals surface area contributed by atoms with Crippen molar-refractivity contribution in [3.8, 4) is 11.5 Å². The standard InChI is InChI=1S/C22H21N3O4S/c1-28-17-10-13-7-8-25(22(27)16-6-5-14(12-24-16)21(23)26)20(19-4-3-9-30-19)15(13)11-18(17)29-2/h3-6,9-12,20H,7-8H2,1-2H3,(H2,23,26)/t20-/m0/s1. The van der Waals surface area contributed by atoms with Crippen LogP contribution in [0.15, 0.2) is 48.0 Å². The molecule has 1 atom stereocenters. The molecule has 8 heteroatoms. The van der Waals surface area contributed by atoms with Gasteiger partial charge in [-0.15, -0.1) is 11.3 Å². The highest BCUT2D eigenvalue weighted by atomic mass is 32.1. The number of nitrogens with zero attached hydrogens (tertiary/aromatic N) is 2. The molecule has 0 radical (unpaired) electrons. The Morgan fingerprint density at radius 3 is 2.53 bits per heavy atom. The zero-order chi connectivity index (χ0) is 21.3. The third kappa shape index (κ3) is 3.50. The minimum absolute atomic E-state index is 0.204. The zero-order valence-electron chi connectivity index (χ0n) is 16.6. The van der Waals surface area contributed by atoms with Crippen LogP contribution < -0.4 is 15.2 Å². The monoisotopic (exact) mass is 423 g/mol. The highest BCUT2D eigenvalue weighted by molar-refractivity contribution is 7.10. The van der Waals surface area contributed by atoms with E-state index in [1.165, 1.54) is 18.3 Å². The number of aromatic nitrogens is 1. The fraction of sp³-hybridized carbons (Fsp3) is 0.227. The molecule has 0 aliphatic carbocycles. The van der Waals surface area contributed by atoms with Gasteiger partial charge in [-0.25, -0.2) is 0 Å². The van der Waals surface area contributed by atoms with E-state index in [1.807, 2.05) is 34.5 Å². The molecule has 2 N–H and O–H groups in total. The largest absolute Gasteiger partial charge is 0.493 e. The summed E-state index contributed by atoms with van der Waals surface area (Å²) in [5, 5.41) is 1.99. The molecule has 30 heavy (non-hydrogen) atoms. The first kappa shape index (κ1) is 19.9. The summed E-state index contributed by atoms with van der Waals surface area (Å²) in [5.41, 5.74) is 7.93. The fourth-order valence-corrected chi connectivity index (χ4v) is 4.59. The minimum Gasteiger partial charge on any atom is -0.493 e. The number of hydrogen-bond donors (Lipinski definition) is 1. The van der Waals surface area contributed by atoms with E-state index in [1.54, 1.807) is 25.6 Å². The van der Waals surface area contributed by atoms with Crippen LogP contribution in [0.1, 0.15) is 42.9 Å². The summed E-state index contributed by atoms with van der Waals surface area (Å²) in [6, 6.07) is 10.7. The van der Waals surface area contributed by atoms with Crippen LogP contribution in [0.5, 0.6) is 11.5 Å². The van der Waals surface area contributed by atoms with Gasteiger partial charge in [0.1, 0.15) is 5.69 Å². The van der Waals surface area contributed by atoms with Crippen LogP contribution in [0.25, 0.3) is 0 Å². The molecule has 2 amide bonds. The van der Waals surface area contributed by atoms with Crippen molar-refractivity contribution in [2.24, 2.45) is 5.73 Å². The molecule has 0 fully saturated rings. The van der Waals surface area contributed by atoms with Crippen LogP contribution in [-0.4, -0.2) is 42.5 Å². The number of ether oxygens (including phenoxy) is 2. The molecule has 2 aromatic heterocycles. The molecule has 1 aromatic carbocycles. The van der Waals surface area contributed by atoms with Gasteiger partial charge in [0.05, 0.1) is 25.8 Å². The molecule has 7 nitrogen and oxygen atoms in total. The predicted octanol–water partition coefficient (Wildman–Crippen LogP) is 3.05. The average molecular weight is 423 g/mol. The number of benzene rings is 1. The van der Waals surface area contributed by atoms with E-state index in [0.717, 1.165) is 16.0 Å². The van der Waals surface area contributed by atoms with Crippen LogP contribution in [0, 0.1) is 0 Å². The highest BCUT2D eigenvalue weighted by Crippen LogP contribution is 2.42. The van der Waals surface area contributed by atoms with Crippen molar-refractivity contribution < 1.29 is 19.1 Å². The van der Waals surface area contributed by atoms with Crippen molar-refractivity contribution in [3.05, 3.63) is 75.2 Å². The number of carbonyl (C=O) groups excluding carboxylic acids is 2. The molecule has 1 aliphatic rings. The van der Waals surface area contributed by atoms with Gasteiger partial charge in [0, 0.05) is 17.6 Å². The molecule has 4 rings (SSSR count). The van der Waals surface area contributed by atoms with Crippen LogP contribution in [0.3, 0.4) is 0 Å². The van der Waals surface area contributed by atoms with Crippen LogP contribution in [0.4, 0.5) is 0 Å². The van der Waals surface area contributed by atoms with E-state index in [9.17, 15) is 9.59 Å². The summed E-state index contributed by atoms with van der Waals surface area (Å²) in [6.07, 6.45) is 2.02. The lowest BCUT2D eigenvalue weighted by molar-refractivity contribution is 0.0690. The SMILES string of the molecule is COc1cc2c(cc1OC)[C@@H](c1cccs1)N(C(=O)c1ccc(C(N)=O)cn1)CC2. The van der Waals surface area contributed by atoms with Crippen molar-refractivity contribution >= 4 is 23.2 Å². The van der Waals surface area contributed by atoms with Gasteiger partial charge >= 0.3 is 0 Å². The first-order chi connectivity index (χ1) is 14.5. The van der Waals surface area contributed by atoms with Crippen molar-refractivity contribution in [1.82, 2.24) is 9.88 Å². The Labute approximate surface area is 178 Å². The van der Waals surface area contributed by atoms with E-state index in [2.05, 4.69) is 4.98 Å². The van der Waals surface area contributed by atoms with E-state index in [4.69, 9.17) is 15.2 Å². The molecule has 0 saturated carbocycles. The minimum atomic E-state index is -0.578. The summed E-state index contributed by atoms with van der Waals surface area (Å²) >= 11 is 1.59. The second kappa shape index (κ2) is 8.16. The Hall–Kier alpha value is -3.39. The Balaban J connectivity index is 1.77. The average Bonchev–Trinajstić information content (AvgIpc) is 3.31. The Bertz CT molecular complexity index is 1080. The smallest absolute Gasteiger partial charge is 0.273 e. The second-order valence-corrected chi connectivity index (χ2v) is 7.85. The van der Waals surface area contributed by atoms with E-state index >= 15 is 0 Å². The maximum Gasteiger partial charge on any atom is 0.273 e. The Kier molecular flexibility index (Phi) is 5.41. The molecule has 154 valence electrons. The number of thiophene rings is 1. The number of primary amides is 1. The lowest BCUT2D eigenvalue weighted by atomic mass is 9.90. The quantitative estimate of drug-likeness (QED) is 0.681. The molecule has 3 aromatic rings. The number of nitrogens with two attached hydrogens (primary N) is 1. The molecule has 1 aliphatic heterocycles. The Morgan fingerprint density at radius 2 is 1.93 bits per heavy atom. The second-order valence-electron chi connectivity index (χ2n) is 6.87. The van der Waals surface area contributed by atoms with Gasteiger partial charge in [-0.05, 0) is 53.3 Å². The highest BCUT2D eigenvalue weighted by Gasteiger charge is 2.34. The van der Waals surface area contributed by atoms with Gasteiger partial charge in [-0.1, -0.05) is 6.07 Å². The summed E-state index contributed by atoms with van der Waals surface area (Å²) in [6.45, 7) is 0.531. The number of amides is 2. The zero-order valence-corrected chi connectivity index (χ0v) is 17.4. The number of methoxy groups -OCH3 is 2. The third-order valence-electron chi connectivity index (χ3n) is 5.21. The number of carbonyl (C=O) groups is 2. The third-order valence-corrected chi connectivity index (χ3v) is 6.14. The predicted molar refractivity (Wildman–Crippen MR) is 113 cm³/mol. The normalized spacial score (nSPS) is 15.4. The Morgan fingerprint density at radius 1 is 1.17 bits per heavy atom. The van der Waals surface area contributed by atoms with Gasteiger partial charge in [-0.3, -0.25) is 14.6 Å². The van der Waals surface area contributed by atoms with Crippen molar-refractivity contribution in [1.29, 1.82) is 0 Å². The molecule has 0 saturated heterocycles. The lowest BCUT2D eigenvalue weighted by Gasteiger charge is -2.37. The van der Waals surface area contributed by atoms with Crippen molar-refractivity contribution in [2.45, 2.75) is 12.5 Å². The topological polar surface area (TPSA) is 94.8 Å². The summed E-state index contributed by atoms with van der Waals surface area (Å²) in [5.74, 6) is 0.511. The molecular weight excluding hydrogens is 402 g/mol. The number of pyridine rings is 1. The summed E-state index contributed by atoms with van der Waals surface area (Å²) < 4.78 is 11.0. The van der Waals surface area contributed by atoms with Gasteiger partial charge < -0.3 is 20.1 Å². The van der Waals surface area contributed by atoms with Crippen molar-refractivity contribution in [3.63, 3.8) is 0 Å². The lowest BCUT2D eigenvalue weighted by Crippen LogP contribution is -2.40. The summed E-state index contributed by atoms with van der Waals surface area (Å²) in [4.78, 5) is 31.7. The maximum atomic E-state index is 13.4. The van der Waals surface area contributed by atoms with Crippen LogP contribution in [-0.2, 0) is 6.42 Å². The fourth-order valence-electron chi connectivity index (χ4n) is 3.73.